The fourth-order valence-electron chi connectivity index (χ4n) is 13.1. The van der Waals surface area contributed by atoms with Crippen molar-refractivity contribution in [1.82, 2.24) is 56.8 Å². The minimum atomic E-state index is -5.54. The van der Waals surface area contributed by atoms with E-state index in [1.54, 1.807) is 42.0 Å². The molecule has 0 radical (unpaired) electrons. The van der Waals surface area contributed by atoms with Crippen LogP contribution in [-0.4, -0.2) is 315 Å². The van der Waals surface area contributed by atoms with Gasteiger partial charge in [-0.2, -0.15) is 4.31 Å². The largest absolute Gasteiger partial charge is 0.481 e. The van der Waals surface area contributed by atoms with Gasteiger partial charge in [-0.25, -0.2) is 13.9 Å². The molecule has 115 heavy (non-hydrogen) atoms. The Balaban J connectivity index is 1.16. The van der Waals surface area contributed by atoms with Crippen LogP contribution in [0.1, 0.15) is 118 Å². The maximum Gasteiger partial charge on any atom is 0.481 e. The number of ether oxygens (including phenoxy) is 9. The highest BCUT2D eigenvalue weighted by Crippen LogP contribution is 2.62. The van der Waals surface area contributed by atoms with E-state index in [2.05, 4.69) is 41.5 Å². The average Bonchev–Trinajstić information content (AvgIpc) is 1.78. The standard InChI is InChI=1S/C74H123N11O28P2/c1-14-50(6)67(83(11)73(96)65(48(2)3)81-72(95)66(49(4)5)82(9)10)57(102-12)46-64(92)84-30-18-21-56(84)68(103-13)51(7)70(93)78-52(8)69(53-19-16-15-17-20-53)112-115(100,101)113-114(98,99)111-36-29-76-61(89)47-109-44-43-106-35-28-77-71(94)55(45-60(88)79-54-25-33-110-74(54)97)80-59(87)26-32-104-37-39-107-41-42-108-40-38-105-34-27-75-58(86)24-31-85-62(90)22-23-63(85)91/h15-17,19-20,22-23,48-52,54-57,65-69H,14,18,21,24-47H2,1-13H3,(H,75,86)(H,76,89)(H,77,94)(H,78,93)(H,79,88)(H,80,87)(H,81,95)(H,98,99)(H,100,101)/t50-,51+,52+,54-,55-,56-,57+,65-,66-,67-,68+,69+/m0/s1. The zero-order valence-electron chi connectivity index (χ0n) is 68.4. The van der Waals surface area contributed by atoms with Crippen LogP contribution in [0.3, 0.4) is 0 Å². The third-order valence-electron chi connectivity index (χ3n) is 19.1. The zero-order valence-corrected chi connectivity index (χ0v) is 70.2. The van der Waals surface area contributed by atoms with E-state index in [1.807, 2.05) is 60.5 Å². The highest BCUT2D eigenvalue weighted by atomic mass is 31.3. The van der Waals surface area contributed by atoms with Crippen molar-refractivity contribution in [2.75, 3.05) is 161 Å². The number of amides is 11. The predicted octanol–water partition coefficient (Wildman–Crippen LogP) is 0.590. The fraction of sp³-hybridized carbons (Fsp3) is 0.730. The van der Waals surface area contributed by atoms with Gasteiger partial charge in [-0.05, 0) is 57.2 Å². The topological polar surface area (TPSA) is 487 Å². The van der Waals surface area contributed by atoms with E-state index in [4.69, 9.17) is 51.7 Å². The van der Waals surface area contributed by atoms with Crippen molar-refractivity contribution in [2.24, 2.45) is 23.7 Å². The molecule has 0 aromatic heterocycles. The molecule has 2 unspecified atom stereocenters. The summed E-state index contributed by atoms with van der Waals surface area (Å²) in [5, 5.41) is 18.4. The molecule has 2 fully saturated rings. The Labute approximate surface area is 672 Å². The number of carbonyl (C=O) groups is 12. The van der Waals surface area contributed by atoms with Gasteiger partial charge in [-0.1, -0.05) is 85.2 Å². The van der Waals surface area contributed by atoms with Gasteiger partial charge in [-0.15, -0.1) is 0 Å². The molecular weight excluding hydrogens is 1550 g/mol. The zero-order chi connectivity index (χ0) is 85.4. The molecule has 41 heteroatoms. The lowest BCUT2D eigenvalue weighted by Crippen LogP contribution is -2.59. The molecule has 0 spiro atoms. The van der Waals surface area contributed by atoms with Crippen LogP contribution in [0, 0.1) is 23.7 Å². The predicted molar refractivity (Wildman–Crippen MR) is 413 cm³/mol. The maximum absolute atomic E-state index is 14.6. The van der Waals surface area contributed by atoms with Crippen LogP contribution in [0.5, 0.6) is 0 Å². The molecule has 3 aliphatic rings. The summed E-state index contributed by atoms with van der Waals surface area (Å²) in [5.41, 5.74) is 0.257. The van der Waals surface area contributed by atoms with Crippen molar-refractivity contribution in [3.8, 4) is 0 Å². The first-order valence-electron chi connectivity index (χ1n) is 38.8. The molecule has 14 atom stereocenters. The number of phosphoric acid groups is 2. The maximum atomic E-state index is 14.6. The SMILES string of the molecule is CC[C@H](C)[C@@H]([C@@H](CC(=O)N1CCC[C@H]1[C@H](OC)[C@@H](C)C(=O)N[C@H](C)[C@@H](OP(=O)(O)OP(=O)(O)OCCNC(=O)COCCOCCNC(=O)[C@H](CC(=O)N[C@H]1CCOC1=O)NC(=O)CCOCCOCCOCCOCCNC(=O)CCN1C(=O)C=CC1=O)c1ccccc1)OC)N(C)C(=O)[C@@H](NC(=O)[C@H](C(C)C)N(C)C)C(C)C. The van der Waals surface area contributed by atoms with Gasteiger partial charge in [0, 0.05) is 85.4 Å². The summed E-state index contributed by atoms with van der Waals surface area (Å²) in [5.74, 6) is -7.52. The molecule has 0 saturated carbocycles. The van der Waals surface area contributed by atoms with Gasteiger partial charge in [0.05, 0.1) is 141 Å². The molecule has 11 amide bonds. The van der Waals surface area contributed by atoms with E-state index < -0.39 is 156 Å². The first-order chi connectivity index (χ1) is 54.6. The minimum Gasteiger partial charge on any atom is -0.464 e. The van der Waals surface area contributed by atoms with E-state index >= 15 is 0 Å². The van der Waals surface area contributed by atoms with Crippen molar-refractivity contribution in [2.45, 2.75) is 167 Å². The fourth-order valence-corrected chi connectivity index (χ4v) is 15.4. The molecule has 0 aliphatic carbocycles. The second kappa shape index (κ2) is 52.5. The summed E-state index contributed by atoms with van der Waals surface area (Å²) >= 11 is 0. The summed E-state index contributed by atoms with van der Waals surface area (Å²) in [7, 11) is -2.76. The number of cyclic esters (lactones) is 1. The minimum absolute atomic E-state index is 0.0124. The number of methoxy groups -OCH3 is 2. The van der Waals surface area contributed by atoms with Crippen molar-refractivity contribution in [1.29, 1.82) is 0 Å². The van der Waals surface area contributed by atoms with E-state index in [1.165, 1.54) is 33.3 Å². The molecule has 3 heterocycles. The number of likely N-dealkylation sites (N-methyl/N-ethyl adjacent to an activating group) is 2. The van der Waals surface area contributed by atoms with Crippen LogP contribution in [0.25, 0.3) is 0 Å². The van der Waals surface area contributed by atoms with Gasteiger partial charge in [0.1, 0.15) is 30.8 Å². The third-order valence-corrected chi connectivity index (χ3v) is 21.8. The molecule has 652 valence electrons. The van der Waals surface area contributed by atoms with Gasteiger partial charge in [0.15, 0.2) is 0 Å². The number of nitrogens with one attached hydrogen (secondary N) is 7. The van der Waals surface area contributed by atoms with E-state index in [0.29, 0.717) is 25.8 Å². The van der Waals surface area contributed by atoms with Crippen LogP contribution in [0.15, 0.2) is 42.5 Å². The molecule has 1 aromatic carbocycles. The van der Waals surface area contributed by atoms with Gasteiger partial charge in [-0.3, -0.25) is 71.6 Å². The first kappa shape index (κ1) is 100. The lowest BCUT2D eigenvalue weighted by atomic mass is 9.89. The van der Waals surface area contributed by atoms with Crippen molar-refractivity contribution in [3.05, 3.63) is 48.0 Å². The van der Waals surface area contributed by atoms with Crippen molar-refractivity contribution >= 4 is 86.6 Å². The Morgan fingerprint density at radius 2 is 1.21 bits per heavy atom. The summed E-state index contributed by atoms with van der Waals surface area (Å²) < 4.78 is 91.3. The lowest BCUT2D eigenvalue weighted by Gasteiger charge is -2.41. The number of hydrogen-bond acceptors (Lipinski definition) is 27. The molecule has 3 aliphatic heterocycles. The molecular formula is C74H123N11O28P2. The van der Waals surface area contributed by atoms with Crippen LogP contribution in [-0.2, 0) is 123 Å². The van der Waals surface area contributed by atoms with Crippen LogP contribution < -0.4 is 37.2 Å². The Hall–Kier alpha value is -7.30. The monoisotopic (exact) mass is 1680 g/mol. The smallest absolute Gasteiger partial charge is 0.464 e. The summed E-state index contributed by atoms with van der Waals surface area (Å²) in [4.78, 5) is 183. The summed E-state index contributed by atoms with van der Waals surface area (Å²) in [6, 6.07) is 1.97. The molecule has 9 N–H and O–H groups in total. The number of nitrogens with zero attached hydrogens (tertiary/aromatic N) is 4. The van der Waals surface area contributed by atoms with E-state index in [0.717, 1.165) is 17.1 Å². The lowest BCUT2D eigenvalue weighted by molar-refractivity contribution is -0.148. The van der Waals surface area contributed by atoms with Gasteiger partial charge < -0.3 is 99.4 Å². The molecule has 4 rings (SSSR count). The van der Waals surface area contributed by atoms with E-state index in [-0.39, 0.29) is 172 Å². The van der Waals surface area contributed by atoms with Crippen LogP contribution >= 0.6 is 15.6 Å². The average molecular weight is 1680 g/mol. The third kappa shape index (κ3) is 35.8. The second-order valence-electron chi connectivity index (χ2n) is 28.7. The number of imide groups is 1. The van der Waals surface area contributed by atoms with Gasteiger partial charge in [0.25, 0.3) is 11.8 Å². The number of hydrogen-bond donors (Lipinski definition) is 9. The Morgan fingerprint density at radius 1 is 0.626 bits per heavy atom. The highest BCUT2D eigenvalue weighted by Gasteiger charge is 2.45. The number of rotatable bonds is 59. The quantitative estimate of drug-likeness (QED) is 0.0186. The number of esters is 1. The Bertz CT molecular complexity index is 3370. The number of carbonyl (C=O) groups excluding carboxylic acids is 12. The Kier molecular flexibility index (Phi) is 45.7. The molecule has 39 nitrogen and oxygen atoms in total. The molecule has 0 bridgehead atoms. The molecule has 1 aromatic rings. The normalized spacial score (nSPS) is 18.6. The molecule has 2 saturated heterocycles. The van der Waals surface area contributed by atoms with Crippen LogP contribution in [0.2, 0.25) is 0 Å². The number of likely N-dealkylation sites (tertiary alicyclic amines) is 1. The van der Waals surface area contributed by atoms with Crippen molar-refractivity contribution < 1.29 is 132 Å². The number of benzene rings is 1. The summed E-state index contributed by atoms with van der Waals surface area (Å²) in [6.07, 6.45) is 0.228. The van der Waals surface area contributed by atoms with Gasteiger partial charge in [0.2, 0.25) is 53.2 Å². The van der Waals surface area contributed by atoms with Crippen molar-refractivity contribution in [3.63, 3.8) is 0 Å². The second-order valence-corrected chi connectivity index (χ2v) is 31.7. The Morgan fingerprint density at radius 3 is 1.77 bits per heavy atom. The number of phosphoric ester groups is 2. The van der Waals surface area contributed by atoms with Crippen LogP contribution in [0.4, 0.5) is 0 Å². The van der Waals surface area contributed by atoms with E-state index in [9.17, 15) is 76.5 Å². The summed E-state index contributed by atoms with van der Waals surface area (Å²) in [6.45, 7) is 14.8. The first-order valence-corrected chi connectivity index (χ1v) is 41.8. The van der Waals surface area contributed by atoms with Gasteiger partial charge >= 0.3 is 21.6 Å². The highest BCUT2D eigenvalue weighted by molar-refractivity contribution is 7.61.